The third-order valence-electron chi connectivity index (χ3n) is 2.96. The first-order valence-electron chi connectivity index (χ1n) is 5.91. The summed E-state index contributed by atoms with van der Waals surface area (Å²) in [6.45, 7) is 0. The Labute approximate surface area is 119 Å². The number of furan rings is 1. The standard InChI is InChI=1S/C14H12BrN3O/c1-16-13(14-9(15)6-7-19-14)12-8-17-10-4-2-3-5-11(10)18-12/h2-8,13,16H,1H3. The van der Waals surface area contributed by atoms with Crippen LogP contribution in [0.25, 0.3) is 11.0 Å². The van der Waals surface area contributed by atoms with E-state index in [0.717, 1.165) is 27.0 Å². The topological polar surface area (TPSA) is 51.0 Å². The number of hydrogen-bond donors (Lipinski definition) is 1. The molecular weight excluding hydrogens is 306 g/mol. The molecule has 0 spiro atoms. The molecule has 4 nitrogen and oxygen atoms in total. The Kier molecular flexibility index (Phi) is 3.31. The Morgan fingerprint density at radius 3 is 2.68 bits per heavy atom. The summed E-state index contributed by atoms with van der Waals surface area (Å²) in [6, 6.07) is 9.56. The highest BCUT2D eigenvalue weighted by atomic mass is 79.9. The van der Waals surface area contributed by atoms with E-state index < -0.39 is 0 Å². The van der Waals surface area contributed by atoms with E-state index >= 15 is 0 Å². The molecule has 1 unspecified atom stereocenters. The monoisotopic (exact) mass is 317 g/mol. The fraction of sp³-hybridized carbons (Fsp3) is 0.143. The summed E-state index contributed by atoms with van der Waals surface area (Å²) in [4.78, 5) is 9.07. The van der Waals surface area contributed by atoms with Gasteiger partial charge in [-0.25, -0.2) is 4.98 Å². The number of rotatable bonds is 3. The Hall–Kier alpha value is -1.72. The molecule has 19 heavy (non-hydrogen) atoms. The van der Waals surface area contributed by atoms with Crippen LogP contribution in [0.1, 0.15) is 17.5 Å². The molecule has 0 bridgehead atoms. The average molecular weight is 318 g/mol. The molecule has 1 atom stereocenters. The van der Waals surface area contributed by atoms with Crippen LogP contribution in [0.2, 0.25) is 0 Å². The zero-order chi connectivity index (χ0) is 13.2. The second kappa shape index (κ2) is 5.11. The smallest absolute Gasteiger partial charge is 0.141 e. The van der Waals surface area contributed by atoms with Crippen LogP contribution in [-0.2, 0) is 0 Å². The van der Waals surface area contributed by atoms with Crippen LogP contribution in [0.15, 0.2) is 51.7 Å². The molecule has 0 amide bonds. The molecule has 0 fully saturated rings. The Morgan fingerprint density at radius 2 is 2.00 bits per heavy atom. The molecule has 0 aliphatic carbocycles. The summed E-state index contributed by atoms with van der Waals surface area (Å²) in [7, 11) is 1.87. The molecule has 0 saturated carbocycles. The second-order valence-electron chi connectivity index (χ2n) is 4.14. The van der Waals surface area contributed by atoms with Crippen molar-refractivity contribution in [3.63, 3.8) is 0 Å². The van der Waals surface area contributed by atoms with Crippen molar-refractivity contribution in [1.82, 2.24) is 15.3 Å². The Bertz CT molecular complexity index is 710. The maximum Gasteiger partial charge on any atom is 0.141 e. The molecule has 3 aromatic rings. The summed E-state index contributed by atoms with van der Waals surface area (Å²) in [5.41, 5.74) is 2.60. The van der Waals surface area contributed by atoms with Gasteiger partial charge < -0.3 is 9.73 Å². The van der Waals surface area contributed by atoms with Gasteiger partial charge in [-0.2, -0.15) is 0 Å². The normalized spacial score (nSPS) is 12.7. The average Bonchev–Trinajstić information content (AvgIpc) is 2.86. The predicted octanol–water partition coefficient (Wildman–Crippen LogP) is 3.29. The van der Waals surface area contributed by atoms with Crippen LogP contribution in [0.4, 0.5) is 0 Å². The summed E-state index contributed by atoms with van der Waals surface area (Å²) in [5, 5.41) is 3.20. The largest absolute Gasteiger partial charge is 0.466 e. The van der Waals surface area contributed by atoms with Gasteiger partial charge in [-0.1, -0.05) is 12.1 Å². The van der Waals surface area contributed by atoms with Crippen molar-refractivity contribution in [3.8, 4) is 0 Å². The van der Waals surface area contributed by atoms with Crippen LogP contribution in [-0.4, -0.2) is 17.0 Å². The van der Waals surface area contributed by atoms with Crippen molar-refractivity contribution in [3.05, 3.63) is 58.7 Å². The zero-order valence-electron chi connectivity index (χ0n) is 10.3. The number of halogens is 1. The van der Waals surface area contributed by atoms with E-state index in [4.69, 9.17) is 4.42 Å². The minimum atomic E-state index is -0.124. The minimum absolute atomic E-state index is 0.124. The van der Waals surface area contributed by atoms with E-state index in [1.165, 1.54) is 0 Å². The molecule has 1 aromatic carbocycles. The lowest BCUT2D eigenvalue weighted by molar-refractivity contribution is 0.456. The lowest BCUT2D eigenvalue weighted by Crippen LogP contribution is -2.19. The Balaban J connectivity index is 2.09. The van der Waals surface area contributed by atoms with Gasteiger partial charge in [0, 0.05) is 0 Å². The zero-order valence-corrected chi connectivity index (χ0v) is 11.9. The number of nitrogens with one attached hydrogen (secondary N) is 1. The van der Waals surface area contributed by atoms with Crippen molar-refractivity contribution >= 4 is 27.0 Å². The first-order chi connectivity index (χ1) is 9.29. The SMILES string of the molecule is CNC(c1cnc2ccccc2n1)c1occc1Br. The Morgan fingerprint density at radius 1 is 1.21 bits per heavy atom. The number of para-hydroxylation sites is 2. The highest BCUT2D eigenvalue weighted by Crippen LogP contribution is 2.28. The van der Waals surface area contributed by atoms with Gasteiger partial charge in [0.05, 0.1) is 33.7 Å². The number of hydrogen-bond acceptors (Lipinski definition) is 4. The van der Waals surface area contributed by atoms with Gasteiger partial charge in [0.2, 0.25) is 0 Å². The molecule has 0 saturated heterocycles. The van der Waals surface area contributed by atoms with E-state index in [-0.39, 0.29) is 6.04 Å². The molecule has 0 radical (unpaired) electrons. The van der Waals surface area contributed by atoms with Crippen molar-refractivity contribution in [2.24, 2.45) is 0 Å². The molecular formula is C14H12BrN3O. The van der Waals surface area contributed by atoms with E-state index in [9.17, 15) is 0 Å². The molecule has 0 aliphatic heterocycles. The summed E-state index contributed by atoms with van der Waals surface area (Å²) in [6.07, 6.45) is 3.43. The lowest BCUT2D eigenvalue weighted by Gasteiger charge is -2.13. The van der Waals surface area contributed by atoms with E-state index in [0.29, 0.717) is 0 Å². The number of aromatic nitrogens is 2. The highest BCUT2D eigenvalue weighted by molar-refractivity contribution is 9.10. The van der Waals surface area contributed by atoms with Crippen LogP contribution in [0.5, 0.6) is 0 Å². The number of nitrogens with zero attached hydrogens (tertiary/aromatic N) is 2. The maximum atomic E-state index is 5.51. The van der Waals surface area contributed by atoms with Gasteiger partial charge in [-0.3, -0.25) is 4.98 Å². The van der Waals surface area contributed by atoms with Crippen LogP contribution in [0.3, 0.4) is 0 Å². The van der Waals surface area contributed by atoms with Crippen molar-refractivity contribution in [1.29, 1.82) is 0 Å². The predicted molar refractivity (Wildman–Crippen MR) is 76.8 cm³/mol. The fourth-order valence-corrected chi connectivity index (χ4v) is 2.47. The third kappa shape index (κ3) is 2.27. The first-order valence-corrected chi connectivity index (χ1v) is 6.70. The molecule has 2 aromatic heterocycles. The second-order valence-corrected chi connectivity index (χ2v) is 4.99. The van der Waals surface area contributed by atoms with Gasteiger partial charge in [-0.15, -0.1) is 0 Å². The quantitative estimate of drug-likeness (QED) is 0.805. The molecule has 5 heteroatoms. The van der Waals surface area contributed by atoms with Gasteiger partial charge in [0.15, 0.2) is 0 Å². The van der Waals surface area contributed by atoms with E-state index in [2.05, 4.69) is 31.2 Å². The number of fused-ring (bicyclic) bond motifs is 1. The fourth-order valence-electron chi connectivity index (χ4n) is 2.04. The molecule has 0 aliphatic rings. The minimum Gasteiger partial charge on any atom is -0.466 e. The van der Waals surface area contributed by atoms with E-state index in [1.807, 2.05) is 37.4 Å². The lowest BCUT2D eigenvalue weighted by atomic mass is 10.1. The summed E-state index contributed by atoms with van der Waals surface area (Å²) in [5.74, 6) is 0.798. The van der Waals surface area contributed by atoms with Gasteiger partial charge in [0.25, 0.3) is 0 Å². The first kappa shape index (κ1) is 12.3. The van der Waals surface area contributed by atoms with E-state index in [1.54, 1.807) is 12.5 Å². The summed E-state index contributed by atoms with van der Waals surface area (Å²) >= 11 is 3.47. The van der Waals surface area contributed by atoms with Gasteiger partial charge >= 0.3 is 0 Å². The highest BCUT2D eigenvalue weighted by Gasteiger charge is 2.20. The summed E-state index contributed by atoms with van der Waals surface area (Å²) < 4.78 is 6.42. The van der Waals surface area contributed by atoms with Crippen molar-refractivity contribution < 1.29 is 4.42 Å². The van der Waals surface area contributed by atoms with Crippen LogP contribution in [0, 0.1) is 0 Å². The van der Waals surface area contributed by atoms with Gasteiger partial charge in [0.1, 0.15) is 11.8 Å². The maximum absolute atomic E-state index is 5.51. The number of benzene rings is 1. The molecule has 2 heterocycles. The molecule has 1 N–H and O–H groups in total. The van der Waals surface area contributed by atoms with Crippen LogP contribution >= 0.6 is 15.9 Å². The molecule has 96 valence electrons. The van der Waals surface area contributed by atoms with Crippen molar-refractivity contribution in [2.45, 2.75) is 6.04 Å². The molecule has 3 rings (SSSR count). The van der Waals surface area contributed by atoms with Crippen LogP contribution < -0.4 is 5.32 Å². The van der Waals surface area contributed by atoms with Gasteiger partial charge in [-0.05, 0) is 41.2 Å². The third-order valence-corrected chi connectivity index (χ3v) is 3.61. The van der Waals surface area contributed by atoms with Crippen molar-refractivity contribution in [2.75, 3.05) is 7.05 Å².